The minimum Gasteiger partial charge on any atom is -0.495 e. The summed E-state index contributed by atoms with van der Waals surface area (Å²) < 4.78 is 5.33. The van der Waals surface area contributed by atoms with Crippen molar-refractivity contribution in [3.8, 4) is 5.75 Å². The third-order valence-electron chi connectivity index (χ3n) is 4.28. The maximum Gasteiger partial charge on any atom is 0.335 e. The number of carbonyl (C=O) groups is 1. The molecule has 0 aromatic heterocycles. The number of anilines is 1. The number of nitrogens with one attached hydrogen (secondary N) is 1. The van der Waals surface area contributed by atoms with Gasteiger partial charge in [0.2, 0.25) is 0 Å². The molecule has 0 heterocycles. The molecule has 0 spiro atoms. The van der Waals surface area contributed by atoms with E-state index in [1.807, 2.05) is 0 Å². The van der Waals surface area contributed by atoms with Crippen molar-refractivity contribution in [3.05, 3.63) is 23.8 Å². The first-order valence-corrected chi connectivity index (χ1v) is 7.12. The second-order valence-electron chi connectivity index (χ2n) is 6.15. The van der Waals surface area contributed by atoms with E-state index in [9.17, 15) is 4.79 Å². The molecule has 1 atom stereocenters. The summed E-state index contributed by atoms with van der Waals surface area (Å²) in [5.41, 5.74) is 1.26. The second kappa shape index (κ2) is 5.73. The molecule has 1 unspecified atom stereocenters. The average Bonchev–Trinajstić information content (AvgIpc) is 2.41. The Morgan fingerprint density at radius 1 is 1.40 bits per heavy atom. The summed E-state index contributed by atoms with van der Waals surface area (Å²) in [6.07, 6.45) is 4.76. The van der Waals surface area contributed by atoms with Crippen molar-refractivity contribution >= 4 is 11.7 Å². The third kappa shape index (κ3) is 3.06. The maximum absolute atomic E-state index is 11.1. The van der Waals surface area contributed by atoms with Gasteiger partial charge in [-0.05, 0) is 36.5 Å². The SMILES string of the molecule is COc1ccc(C(=O)O)cc1NC1CCCCC1(C)C. The van der Waals surface area contributed by atoms with Crippen molar-refractivity contribution in [1.29, 1.82) is 0 Å². The second-order valence-corrected chi connectivity index (χ2v) is 6.15. The van der Waals surface area contributed by atoms with Crippen LogP contribution in [-0.2, 0) is 0 Å². The van der Waals surface area contributed by atoms with Crippen LogP contribution in [0.25, 0.3) is 0 Å². The van der Waals surface area contributed by atoms with Gasteiger partial charge in [-0.25, -0.2) is 4.79 Å². The van der Waals surface area contributed by atoms with E-state index in [4.69, 9.17) is 9.84 Å². The molecule has 4 heteroatoms. The number of hydrogen-bond donors (Lipinski definition) is 2. The van der Waals surface area contributed by atoms with Crippen LogP contribution >= 0.6 is 0 Å². The predicted molar refractivity (Wildman–Crippen MR) is 79.6 cm³/mol. The normalized spacial score (nSPS) is 21.2. The van der Waals surface area contributed by atoms with E-state index in [1.54, 1.807) is 25.3 Å². The molecule has 0 aliphatic heterocycles. The fraction of sp³-hybridized carbons (Fsp3) is 0.562. The van der Waals surface area contributed by atoms with Crippen LogP contribution in [0.1, 0.15) is 49.9 Å². The standard InChI is InChI=1S/C16H23NO3/c1-16(2)9-5-4-6-14(16)17-12-10-11(15(18)19)7-8-13(12)20-3/h7-8,10,14,17H,4-6,9H2,1-3H3,(H,18,19). The Kier molecular flexibility index (Phi) is 4.21. The minimum atomic E-state index is -0.918. The Hall–Kier alpha value is -1.71. The molecule has 0 saturated heterocycles. The van der Waals surface area contributed by atoms with Crippen molar-refractivity contribution in [1.82, 2.24) is 0 Å². The van der Waals surface area contributed by atoms with Gasteiger partial charge in [-0.1, -0.05) is 26.7 Å². The highest BCUT2D eigenvalue weighted by molar-refractivity contribution is 5.89. The van der Waals surface area contributed by atoms with E-state index < -0.39 is 5.97 Å². The summed E-state index contributed by atoms with van der Waals surface area (Å²) in [7, 11) is 1.60. The molecule has 0 bridgehead atoms. The highest BCUT2D eigenvalue weighted by atomic mass is 16.5. The smallest absolute Gasteiger partial charge is 0.335 e. The molecule has 110 valence electrons. The van der Waals surface area contributed by atoms with Crippen molar-refractivity contribution in [3.63, 3.8) is 0 Å². The molecule has 0 amide bonds. The van der Waals surface area contributed by atoms with Gasteiger partial charge in [-0.15, -0.1) is 0 Å². The van der Waals surface area contributed by atoms with E-state index >= 15 is 0 Å². The van der Waals surface area contributed by atoms with Gasteiger partial charge in [0.25, 0.3) is 0 Å². The monoisotopic (exact) mass is 277 g/mol. The van der Waals surface area contributed by atoms with Gasteiger partial charge in [-0.3, -0.25) is 0 Å². The Bertz CT molecular complexity index is 496. The first kappa shape index (κ1) is 14.7. The quantitative estimate of drug-likeness (QED) is 0.879. The Morgan fingerprint density at radius 3 is 2.75 bits per heavy atom. The van der Waals surface area contributed by atoms with Gasteiger partial charge < -0.3 is 15.2 Å². The summed E-state index contributed by atoms with van der Waals surface area (Å²) in [6, 6.07) is 5.28. The molecular formula is C16H23NO3. The number of benzene rings is 1. The molecule has 2 N–H and O–H groups in total. The highest BCUT2D eigenvalue weighted by Crippen LogP contribution is 2.39. The lowest BCUT2D eigenvalue weighted by Gasteiger charge is -2.39. The summed E-state index contributed by atoms with van der Waals surface area (Å²) in [6.45, 7) is 4.52. The number of ether oxygens (including phenoxy) is 1. The molecule has 4 nitrogen and oxygen atoms in total. The summed E-state index contributed by atoms with van der Waals surface area (Å²) in [5.74, 6) is -0.227. The van der Waals surface area contributed by atoms with Gasteiger partial charge in [0.15, 0.2) is 0 Å². The van der Waals surface area contributed by atoms with Crippen LogP contribution in [0.3, 0.4) is 0 Å². The zero-order valence-electron chi connectivity index (χ0n) is 12.4. The fourth-order valence-corrected chi connectivity index (χ4v) is 2.90. The number of carboxylic acid groups (broad SMARTS) is 1. The van der Waals surface area contributed by atoms with E-state index in [0.717, 1.165) is 12.1 Å². The summed E-state index contributed by atoms with van der Waals surface area (Å²) in [5, 5.41) is 12.6. The third-order valence-corrected chi connectivity index (χ3v) is 4.28. The lowest BCUT2D eigenvalue weighted by atomic mass is 9.73. The molecule has 1 aliphatic rings. The van der Waals surface area contributed by atoms with Crippen LogP contribution in [0.5, 0.6) is 5.75 Å². The molecular weight excluding hydrogens is 254 g/mol. The summed E-state index contributed by atoms with van der Waals surface area (Å²) in [4.78, 5) is 11.1. The molecule has 1 aromatic rings. The zero-order valence-corrected chi connectivity index (χ0v) is 12.4. The van der Waals surface area contributed by atoms with Crippen LogP contribution in [0.4, 0.5) is 5.69 Å². The first-order valence-electron chi connectivity index (χ1n) is 7.12. The predicted octanol–water partition coefficient (Wildman–Crippen LogP) is 3.77. The van der Waals surface area contributed by atoms with E-state index in [0.29, 0.717) is 11.8 Å². The van der Waals surface area contributed by atoms with E-state index in [1.165, 1.54) is 19.3 Å². The molecule has 20 heavy (non-hydrogen) atoms. The Morgan fingerprint density at radius 2 is 2.15 bits per heavy atom. The van der Waals surface area contributed by atoms with Crippen LogP contribution in [-0.4, -0.2) is 24.2 Å². The maximum atomic E-state index is 11.1. The van der Waals surface area contributed by atoms with Crippen LogP contribution < -0.4 is 10.1 Å². The highest BCUT2D eigenvalue weighted by Gasteiger charge is 2.32. The number of aromatic carboxylic acids is 1. The van der Waals surface area contributed by atoms with Gasteiger partial charge >= 0.3 is 5.97 Å². The van der Waals surface area contributed by atoms with Crippen molar-refractivity contribution < 1.29 is 14.6 Å². The number of methoxy groups -OCH3 is 1. The lowest BCUT2D eigenvalue weighted by molar-refractivity contribution is 0.0697. The van der Waals surface area contributed by atoms with Gasteiger partial charge in [-0.2, -0.15) is 0 Å². The molecule has 1 fully saturated rings. The van der Waals surface area contributed by atoms with Crippen LogP contribution in [0.15, 0.2) is 18.2 Å². The minimum absolute atomic E-state index is 0.211. The zero-order chi connectivity index (χ0) is 14.8. The van der Waals surface area contributed by atoms with Crippen molar-refractivity contribution in [2.45, 2.75) is 45.6 Å². The lowest BCUT2D eigenvalue weighted by Crippen LogP contribution is -2.39. The first-order chi connectivity index (χ1) is 9.44. The van der Waals surface area contributed by atoms with Crippen molar-refractivity contribution in [2.75, 3.05) is 12.4 Å². The fourth-order valence-electron chi connectivity index (χ4n) is 2.90. The number of carboxylic acids is 1. The largest absolute Gasteiger partial charge is 0.495 e. The van der Waals surface area contributed by atoms with Gasteiger partial charge in [0, 0.05) is 6.04 Å². The molecule has 2 rings (SSSR count). The van der Waals surface area contributed by atoms with E-state index in [-0.39, 0.29) is 11.0 Å². The summed E-state index contributed by atoms with van der Waals surface area (Å²) >= 11 is 0. The van der Waals surface area contributed by atoms with Crippen LogP contribution in [0, 0.1) is 5.41 Å². The van der Waals surface area contributed by atoms with E-state index in [2.05, 4.69) is 19.2 Å². The topological polar surface area (TPSA) is 58.6 Å². The van der Waals surface area contributed by atoms with Gasteiger partial charge in [0.1, 0.15) is 5.75 Å². The average molecular weight is 277 g/mol. The Labute approximate surface area is 120 Å². The molecule has 1 saturated carbocycles. The Balaban J connectivity index is 2.26. The number of hydrogen-bond acceptors (Lipinski definition) is 3. The molecule has 0 radical (unpaired) electrons. The van der Waals surface area contributed by atoms with Gasteiger partial charge in [0.05, 0.1) is 18.4 Å². The molecule has 1 aliphatic carbocycles. The van der Waals surface area contributed by atoms with Crippen molar-refractivity contribution in [2.24, 2.45) is 5.41 Å². The van der Waals surface area contributed by atoms with Crippen LogP contribution in [0.2, 0.25) is 0 Å². The molecule has 1 aromatic carbocycles. The number of rotatable bonds is 4.